The Labute approximate surface area is 109 Å². The van der Waals surface area contributed by atoms with Crippen LogP contribution in [0.5, 0.6) is 5.75 Å². The van der Waals surface area contributed by atoms with E-state index >= 15 is 0 Å². The van der Waals surface area contributed by atoms with Gasteiger partial charge >= 0.3 is 0 Å². The number of phenolic OH excluding ortho intramolecular Hbond substituents is 1. The largest absolute Gasteiger partial charge is 0.508 e. The number of carbonyl (C=O) groups is 1. The van der Waals surface area contributed by atoms with E-state index in [0.29, 0.717) is 0 Å². The summed E-state index contributed by atoms with van der Waals surface area (Å²) in [6, 6.07) is 16.2. The normalized spacial score (nSPS) is 12.1. The van der Waals surface area contributed by atoms with Crippen LogP contribution in [0.4, 0.5) is 0 Å². The highest BCUT2D eigenvalue weighted by Gasteiger charge is 2.25. The third-order valence-electron chi connectivity index (χ3n) is 2.90. The van der Waals surface area contributed by atoms with Gasteiger partial charge in [-0.3, -0.25) is 4.79 Å². The molecule has 2 rings (SSSR count). The van der Waals surface area contributed by atoms with Crippen molar-refractivity contribution < 1.29 is 9.90 Å². The zero-order valence-electron chi connectivity index (χ0n) is 10.5. The van der Waals surface area contributed by atoms with Gasteiger partial charge in [-0.1, -0.05) is 30.3 Å². The van der Waals surface area contributed by atoms with Crippen LogP contribution >= 0.6 is 10.0 Å². The van der Waals surface area contributed by atoms with Crippen molar-refractivity contribution in [1.29, 1.82) is 0 Å². The highest BCUT2D eigenvalue weighted by molar-refractivity contribution is 8.44. The Balaban J connectivity index is 2.37. The molecule has 2 nitrogen and oxygen atoms in total. The monoisotopic (exact) mass is 260 g/mol. The highest BCUT2D eigenvalue weighted by Crippen LogP contribution is 2.51. The molecule has 0 aliphatic rings. The van der Waals surface area contributed by atoms with E-state index in [1.807, 2.05) is 55.0 Å². The van der Waals surface area contributed by atoms with Crippen molar-refractivity contribution in [1.82, 2.24) is 0 Å². The summed E-state index contributed by atoms with van der Waals surface area (Å²) in [5, 5.41) is 9.46. The number of benzene rings is 2. The van der Waals surface area contributed by atoms with Crippen LogP contribution < -0.4 is 0 Å². The maximum absolute atomic E-state index is 12.5. The lowest BCUT2D eigenvalue weighted by atomic mass is 10.2. The molecule has 0 bridgehead atoms. The van der Waals surface area contributed by atoms with Crippen molar-refractivity contribution in [3.05, 3.63) is 60.2 Å². The van der Waals surface area contributed by atoms with Gasteiger partial charge in [0.15, 0.2) is 0 Å². The van der Waals surface area contributed by atoms with Gasteiger partial charge in [-0.2, -0.15) is 10.0 Å². The molecule has 0 unspecified atom stereocenters. The summed E-state index contributed by atoms with van der Waals surface area (Å²) in [7, 11) is -1.56. The Morgan fingerprint density at radius 1 is 0.944 bits per heavy atom. The second-order valence-corrected chi connectivity index (χ2v) is 7.97. The summed E-state index contributed by atoms with van der Waals surface area (Å²) in [6.45, 7) is 0. The summed E-state index contributed by atoms with van der Waals surface area (Å²) < 4.78 is 0. The zero-order valence-corrected chi connectivity index (χ0v) is 11.3. The highest BCUT2D eigenvalue weighted by atomic mass is 32.3. The van der Waals surface area contributed by atoms with E-state index in [1.54, 1.807) is 12.1 Å². The van der Waals surface area contributed by atoms with Gasteiger partial charge in [-0.15, -0.1) is 0 Å². The third-order valence-corrected chi connectivity index (χ3v) is 5.51. The molecule has 0 spiro atoms. The molecule has 2 aromatic rings. The van der Waals surface area contributed by atoms with Crippen LogP contribution in [0, 0.1) is 0 Å². The molecule has 0 fully saturated rings. The standard InChI is InChI=1S/C15H16O2S/c1-18(2,14-10-8-13(16)9-11-14)15(17)12-6-4-3-5-7-12/h3-11,16H,1-2H3. The Bertz CT molecular complexity index is 544. The zero-order chi connectivity index (χ0) is 13.2. The van der Waals surface area contributed by atoms with E-state index in [2.05, 4.69) is 0 Å². The minimum atomic E-state index is -1.56. The van der Waals surface area contributed by atoms with E-state index in [1.165, 1.54) is 0 Å². The quantitative estimate of drug-likeness (QED) is 0.894. The van der Waals surface area contributed by atoms with Crippen LogP contribution in [0.25, 0.3) is 0 Å². The number of rotatable bonds is 2. The van der Waals surface area contributed by atoms with Gasteiger partial charge in [0.25, 0.3) is 0 Å². The fourth-order valence-corrected chi connectivity index (χ4v) is 3.52. The average molecular weight is 260 g/mol. The van der Waals surface area contributed by atoms with Crippen molar-refractivity contribution in [2.24, 2.45) is 0 Å². The summed E-state index contributed by atoms with van der Waals surface area (Å²) in [6.07, 6.45) is 3.96. The first-order chi connectivity index (χ1) is 8.51. The van der Waals surface area contributed by atoms with Crippen LogP contribution in [0.3, 0.4) is 0 Å². The lowest BCUT2D eigenvalue weighted by molar-refractivity contribution is 0.108. The number of aromatic hydroxyl groups is 1. The van der Waals surface area contributed by atoms with E-state index in [0.717, 1.165) is 10.5 Å². The maximum atomic E-state index is 12.5. The van der Waals surface area contributed by atoms with Crippen molar-refractivity contribution in [2.45, 2.75) is 4.90 Å². The van der Waals surface area contributed by atoms with Crippen molar-refractivity contribution >= 4 is 15.1 Å². The maximum Gasteiger partial charge on any atom is 0.205 e. The Morgan fingerprint density at radius 2 is 1.50 bits per heavy atom. The van der Waals surface area contributed by atoms with Crippen molar-refractivity contribution in [3.8, 4) is 5.75 Å². The van der Waals surface area contributed by atoms with Crippen LogP contribution in [-0.4, -0.2) is 22.7 Å². The SMILES string of the molecule is CS(C)(C(=O)c1ccccc1)c1ccc(O)cc1. The molecule has 2 aromatic carbocycles. The first-order valence-electron chi connectivity index (χ1n) is 5.63. The van der Waals surface area contributed by atoms with Crippen LogP contribution in [0.2, 0.25) is 0 Å². The van der Waals surface area contributed by atoms with E-state index < -0.39 is 10.0 Å². The molecule has 0 saturated heterocycles. The molecule has 0 atom stereocenters. The van der Waals surface area contributed by atoms with Crippen molar-refractivity contribution in [3.63, 3.8) is 0 Å². The molecular formula is C15H16O2S. The molecular weight excluding hydrogens is 244 g/mol. The predicted octanol–water partition coefficient (Wildman–Crippen LogP) is 3.66. The predicted molar refractivity (Wildman–Crippen MR) is 76.6 cm³/mol. The van der Waals surface area contributed by atoms with Gasteiger partial charge in [-0.05, 0) is 41.7 Å². The van der Waals surface area contributed by atoms with E-state index in [9.17, 15) is 9.90 Å². The number of hydrogen-bond donors (Lipinski definition) is 1. The molecule has 0 aromatic heterocycles. The summed E-state index contributed by atoms with van der Waals surface area (Å²) >= 11 is 0. The minimum Gasteiger partial charge on any atom is -0.508 e. The summed E-state index contributed by atoms with van der Waals surface area (Å²) in [5.74, 6) is 0.223. The smallest absolute Gasteiger partial charge is 0.205 e. The molecule has 18 heavy (non-hydrogen) atoms. The van der Waals surface area contributed by atoms with Crippen LogP contribution in [0.15, 0.2) is 59.5 Å². The molecule has 3 heteroatoms. The van der Waals surface area contributed by atoms with Gasteiger partial charge in [0.1, 0.15) is 5.75 Å². The average Bonchev–Trinajstić information content (AvgIpc) is 2.39. The van der Waals surface area contributed by atoms with Crippen molar-refractivity contribution in [2.75, 3.05) is 12.5 Å². The molecule has 0 aliphatic carbocycles. The van der Waals surface area contributed by atoms with Gasteiger partial charge in [0.2, 0.25) is 5.12 Å². The fourth-order valence-electron chi connectivity index (χ4n) is 1.76. The summed E-state index contributed by atoms with van der Waals surface area (Å²) in [4.78, 5) is 13.5. The van der Waals surface area contributed by atoms with Gasteiger partial charge in [0.05, 0.1) is 0 Å². The Morgan fingerprint density at radius 3 is 2.06 bits per heavy atom. The van der Waals surface area contributed by atoms with E-state index in [-0.39, 0.29) is 10.9 Å². The second-order valence-electron chi connectivity index (χ2n) is 4.47. The number of carbonyl (C=O) groups excluding carboxylic acids is 1. The van der Waals surface area contributed by atoms with Gasteiger partial charge in [0, 0.05) is 5.56 Å². The first-order valence-corrected chi connectivity index (χ1v) is 8.08. The molecule has 0 aliphatic heterocycles. The molecule has 0 radical (unpaired) electrons. The number of phenols is 1. The van der Waals surface area contributed by atoms with Gasteiger partial charge < -0.3 is 5.11 Å². The topological polar surface area (TPSA) is 37.3 Å². The van der Waals surface area contributed by atoms with Crippen LogP contribution in [0.1, 0.15) is 10.4 Å². The first kappa shape index (κ1) is 12.7. The third kappa shape index (κ3) is 2.41. The number of hydrogen-bond acceptors (Lipinski definition) is 2. The molecule has 1 N–H and O–H groups in total. The Hall–Kier alpha value is -1.74. The van der Waals surface area contributed by atoms with Crippen LogP contribution in [-0.2, 0) is 0 Å². The minimum absolute atomic E-state index is 0.161. The molecule has 0 heterocycles. The Kier molecular flexibility index (Phi) is 3.43. The molecule has 0 saturated carbocycles. The molecule has 0 amide bonds. The molecule has 94 valence electrons. The lowest BCUT2D eigenvalue weighted by Gasteiger charge is -2.29. The van der Waals surface area contributed by atoms with Gasteiger partial charge in [-0.25, -0.2) is 0 Å². The van der Waals surface area contributed by atoms with E-state index in [4.69, 9.17) is 0 Å². The lowest BCUT2D eigenvalue weighted by Crippen LogP contribution is -2.10. The second kappa shape index (κ2) is 4.86. The summed E-state index contributed by atoms with van der Waals surface area (Å²) in [5.41, 5.74) is 0.741. The fraction of sp³-hybridized carbons (Fsp3) is 0.133.